The summed E-state index contributed by atoms with van der Waals surface area (Å²) in [6, 6.07) is 2.91. The molecule has 2 rings (SSSR count). The second kappa shape index (κ2) is 12.0. The SMILES string of the molecule is CCNC(=NCC(c1c(F)cccc1F)N(C)C)NC1CCN(CC(F)(F)F)C1.I. The van der Waals surface area contributed by atoms with Gasteiger partial charge in [-0.3, -0.25) is 9.89 Å². The first-order valence-electron chi connectivity index (χ1n) is 9.55. The molecule has 1 heterocycles. The predicted octanol–water partition coefficient (Wildman–Crippen LogP) is 3.38. The molecule has 0 spiro atoms. The number of hydrogen-bond donors (Lipinski definition) is 2. The van der Waals surface area contributed by atoms with Crippen molar-refractivity contribution in [2.75, 3.05) is 46.8 Å². The molecular formula is C19H29F5IN5. The van der Waals surface area contributed by atoms with E-state index in [0.29, 0.717) is 25.5 Å². The van der Waals surface area contributed by atoms with Gasteiger partial charge < -0.3 is 15.5 Å². The normalized spacial score (nSPS) is 19.0. The first-order valence-corrected chi connectivity index (χ1v) is 9.55. The fraction of sp³-hybridized carbons (Fsp3) is 0.632. The van der Waals surface area contributed by atoms with Crippen molar-refractivity contribution in [3.8, 4) is 0 Å². The molecule has 1 aromatic rings. The van der Waals surface area contributed by atoms with Gasteiger partial charge in [0.1, 0.15) is 11.6 Å². The number of benzene rings is 1. The molecule has 1 aliphatic rings. The highest BCUT2D eigenvalue weighted by atomic mass is 127. The van der Waals surface area contributed by atoms with Gasteiger partial charge in [-0.15, -0.1) is 24.0 Å². The first kappa shape index (κ1) is 26.8. The van der Waals surface area contributed by atoms with Crippen LogP contribution in [0.4, 0.5) is 22.0 Å². The molecule has 1 aromatic carbocycles. The zero-order valence-electron chi connectivity index (χ0n) is 17.3. The summed E-state index contributed by atoms with van der Waals surface area (Å²) in [5, 5.41) is 6.17. The lowest BCUT2D eigenvalue weighted by Gasteiger charge is -2.25. The number of nitrogens with one attached hydrogen (secondary N) is 2. The second-order valence-electron chi connectivity index (χ2n) is 7.31. The third-order valence-corrected chi connectivity index (χ3v) is 4.74. The standard InChI is InChI=1S/C19H28F5N5.HI/c1-4-25-18(27-13-8-9-29(11-13)12-19(22,23)24)26-10-16(28(2)3)17-14(20)6-5-7-15(17)21;/h5-7,13,16H,4,8-12H2,1-3H3,(H2,25,26,27);1H. The summed E-state index contributed by atoms with van der Waals surface area (Å²) < 4.78 is 66.1. The Bertz CT molecular complexity index is 678. The van der Waals surface area contributed by atoms with Crippen molar-refractivity contribution >= 4 is 29.9 Å². The lowest BCUT2D eigenvalue weighted by atomic mass is 10.0. The van der Waals surface area contributed by atoms with Crippen LogP contribution < -0.4 is 10.6 Å². The molecule has 0 saturated carbocycles. The highest BCUT2D eigenvalue weighted by molar-refractivity contribution is 14.0. The summed E-state index contributed by atoms with van der Waals surface area (Å²) in [5.41, 5.74) is -0.0608. The van der Waals surface area contributed by atoms with Crippen LogP contribution in [0.5, 0.6) is 0 Å². The van der Waals surface area contributed by atoms with Gasteiger partial charge >= 0.3 is 6.18 Å². The van der Waals surface area contributed by atoms with Crippen molar-refractivity contribution < 1.29 is 22.0 Å². The highest BCUT2D eigenvalue weighted by Crippen LogP contribution is 2.25. The lowest BCUT2D eigenvalue weighted by Crippen LogP contribution is -2.45. The zero-order valence-corrected chi connectivity index (χ0v) is 19.6. The molecule has 0 aliphatic carbocycles. The molecule has 2 unspecified atom stereocenters. The smallest absolute Gasteiger partial charge is 0.357 e. The average molecular weight is 549 g/mol. The minimum absolute atomic E-state index is 0. The Hall–Kier alpha value is -1.21. The quantitative estimate of drug-likeness (QED) is 0.237. The Labute approximate surface area is 191 Å². The Morgan fingerprint density at radius 3 is 2.43 bits per heavy atom. The highest BCUT2D eigenvalue weighted by Gasteiger charge is 2.34. The molecule has 2 atom stereocenters. The van der Waals surface area contributed by atoms with Crippen LogP contribution in [0.25, 0.3) is 0 Å². The summed E-state index contributed by atoms with van der Waals surface area (Å²) in [4.78, 5) is 7.46. The average Bonchev–Trinajstić information content (AvgIpc) is 3.02. The fourth-order valence-corrected chi connectivity index (χ4v) is 3.38. The number of likely N-dealkylation sites (tertiary alicyclic amines) is 1. The summed E-state index contributed by atoms with van der Waals surface area (Å²) in [6.45, 7) is 2.15. The van der Waals surface area contributed by atoms with Gasteiger partial charge in [0.05, 0.1) is 19.1 Å². The molecule has 30 heavy (non-hydrogen) atoms. The Morgan fingerprint density at radius 1 is 1.27 bits per heavy atom. The van der Waals surface area contributed by atoms with Crippen LogP contribution in [0.15, 0.2) is 23.2 Å². The summed E-state index contributed by atoms with van der Waals surface area (Å²) in [6.07, 6.45) is -3.67. The van der Waals surface area contributed by atoms with E-state index in [1.807, 2.05) is 6.92 Å². The van der Waals surface area contributed by atoms with Crippen LogP contribution in [0.2, 0.25) is 0 Å². The van der Waals surface area contributed by atoms with Crippen molar-refractivity contribution in [3.05, 3.63) is 35.4 Å². The monoisotopic (exact) mass is 549 g/mol. The Morgan fingerprint density at radius 2 is 1.90 bits per heavy atom. The van der Waals surface area contributed by atoms with E-state index in [9.17, 15) is 22.0 Å². The molecule has 0 aromatic heterocycles. The van der Waals surface area contributed by atoms with Gasteiger partial charge in [-0.25, -0.2) is 8.78 Å². The third kappa shape index (κ3) is 8.14. The van der Waals surface area contributed by atoms with Crippen LogP contribution in [0.1, 0.15) is 24.9 Å². The Balaban J connectivity index is 0.00000450. The zero-order chi connectivity index (χ0) is 21.6. The molecule has 1 fully saturated rings. The van der Waals surface area contributed by atoms with E-state index in [0.717, 1.165) is 0 Å². The number of likely N-dealkylation sites (N-methyl/N-ethyl adjacent to an activating group) is 1. The van der Waals surface area contributed by atoms with E-state index in [1.165, 1.54) is 23.1 Å². The molecular weight excluding hydrogens is 520 g/mol. The number of halogens is 6. The summed E-state index contributed by atoms with van der Waals surface area (Å²) >= 11 is 0. The molecule has 0 bridgehead atoms. The minimum Gasteiger partial charge on any atom is -0.357 e. The van der Waals surface area contributed by atoms with E-state index in [4.69, 9.17) is 0 Å². The number of rotatable bonds is 7. The second-order valence-corrected chi connectivity index (χ2v) is 7.31. The van der Waals surface area contributed by atoms with Gasteiger partial charge in [0, 0.05) is 31.2 Å². The largest absolute Gasteiger partial charge is 0.401 e. The Kier molecular flexibility index (Phi) is 10.7. The maximum Gasteiger partial charge on any atom is 0.401 e. The van der Waals surface area contributed by atoms with Crippen molar-refractivity contribution in [1.82, 2.24) is 20.4 Å². The van der Waals surface area contributed by atoms with Gasteiger partial charge in [-0.05, 0) is 39.6 Å². The molecule has 5 nitrogen and oxygen atoms in total. The number of alkyl halides is 3. The number of guanidine groups is 1. The molecule has 172 valence electrons. The van der Waals surface area contributed by atoms with Crippen molar-refractivity contribution in [3.63, 3.8) is 0 Å². The van der Waals surface area contributed by atoms with E-state index >= 15 is 0 Å². The van der Waals surface area contributed by atoms with Gasteiger partial charge in [0.15, 0.2) is 5.96 Å². The summed E-state index contributed by atoms with van der Waals surface area (Å²) in [5.74, 6) is -0.874. The maximum atomic E-state index is 14.2. The van der Waals surface area contributed by atoms with Crippen LogP contribution in [-0.2, 0) is 0 Å². The van der Waals surface area contributed by atoms with Gasteiger partial charge in [-0.1, -0.05) is 6.07 Å². The van der Waals surface area contributed by atoms with Crippen LogP contribution in [0.3, 0.4) is 0 Å². The number of nitrogens with zero attached hydrogens (tertiary/aromatic N) is 3. The fourth-order valence-electron chi connectivity index (χ4n) is 3.38. The van der Waals surface area contributed by atoms with E-state index < -0.39 is 30.4 Å². The van der Waals surface area contributed by atoms with E-state index in [-0.39, 0.29) is 48.7 Å². The first-order chi connectivity index (χ1) is 13.6. The molecule has 2 N–H and O–H groups in total. The van der Waals surface area contributed by atoms with E-state index in [1.54, 1.807) is 19.0 Å². The lowest BCUT2D eigenvalue weighted by molar-refractivity contribution is -0.143. The van der Waals surface area contributed by atoms with Gasteiger partial charge in [-0.2, -0.15) is 13.2 Å². The predicted molar refractivity (Wildman–Crippen MR) is 118 cm³/mol. The number of aliphatic imine (C=N–C) groups is 1. The van der Waals surface area contributed by atoms with Gasteiger partial charge in [0.2, 0.25) is 0 Å². The molecule has 0 amide bonds. The van der Waals surface area contributed by atoms with Crippen LogP contribution in [0, 0.1) is 11.6 Å². The molecule has 0 radical (unpaired) electrons. The van der Waals surface area contributed by atoms with Crippen LogP contribution >= 0.6 is 24.0 Å². The molecule has 11 heteroatoms. The van der Waals surface area contributed by atoms with E-state index in [2.05, 4.69) is 15.6 Å². The maximum absolute atomic E-state index is 14.2. The van der Waals surface area contributed by atoms with Gasteiger partial charge in [0.25, 0.3) is 0 Å². The van der Waals surface area contributed by atoms with Crippen molar-refractivity contribution in [2.45, 2.75) is 31.6 Å². The molecule has 1 saturated heterocycles. The summed E-state index contributed by atoms with van der Waals surface area (Å²) in [7, 11) is 3.41. The molecule has 1 aliphatic heterocycles. The number of hydrogen-bond acceptors (Lipinski definition) is 3. The van der Waals surface area contributed by atoms with Crippen molar-refractivity contribution in [1.29, 1.82) is 0 Å². The minimum atomic E-state index is -4.23. The topological polar surface area (TPSA) is 42.9 Å². The van der Waals surface area contributed by atoms with Crippen molar-refractivity contribution in [2.24, 2.45) is 4.99 Å². The van der Waals surface area contributed by atoms with Crippen LogP contribution in [-0.4, -0.2) is 74.8 Å². The third-order valence-electron chi connectivity index (χ3n) is 4.74.